The minimum absolute atomic E-state index is 0.0721. The molecule has 0 aliphatic rings. The first-order chi connectivity index (χ1) is 10.7. The number of tetrazole rings is 1. The first-order valence-electron chi connectivity index (χ1n) is 7.82. The Kier molecular flexibility index (Phi) is 4.89. The molecule has 0 unspecified atom stereocenters. The van der Waals surface area contributed by atoms with E-state index in [0.29, 0.717) is 10.8 Å². The summed E-state index contributed by atoms with van der Waals surface area (Å²) in [5.41, 5.74) is 2.76. The van der Waals surface area contributed by atoms with Crippen LogP contribution in [-0.2, 0) is 9.84 Å². The molecule has 1 aromatic heterocycles. The van der Waals surface area contributed by atoms with Crippen LogP contribution in [-0.4, -0.2) is 29.0 Å². The maximum atomic E-state index is 13.0. The maximum Gasteiger partial charge on any atom is 0.293 e. The second kappa shape index (κ2) is 6.39. The second-order valence-corrected chi connectivity index (χ2v) is 8.47. The van der Waals surface area contributed by atoms with E-state index in [-0.39, 0.29) is 17.0 Å². The topological polar surface area (TPSA) is 88.6 Å². The SMILES string of the molecule is CC(C)c1cc(C(C)C)c(S(=O)(=O)c2nn[nH]n2)c(C(C)C)c1. The van der Waals surface area contributed by atoms with E-state index in [1.807, 2.05) is 39.8 Å². The fourth-order valence-corrected chi connectivity index (χ4v) is 4.26. The smallest absolute Gasteiger partial charge is 0.215 e. The highest BCUT2D eigenvalue weighted by Gasteiger charge is 2.31. The van der Waals surface area contributed by atoms with Gasteiger partial charge in [-0.05, 0) is 39.7 Å². The second-order valence-electron chi connectivity index (χ2n) is 6.69. The van der Waals surface area contributed by atoms with Crippen LogP contribution in [0.5, 0.6) is 0 Å². The zero-order valence-electron chi connectivity index (χ0n) is 14.5. The highest BCUT2D eigenvalue weighted by atomic mass is 32.2. The summed E-state index contributed by atoms with van der Waals surface area (Å²) in [6.45, 7) is 12.2. The van der Waals surface area contributed by atoms with Gasteiger partial charge in [0.1, 0.15) is 0 Å². The average molecular weight is 336 g/mol. The lowest BCUT2D eigenvalue weighted by Gasteiger charge is -2.21. The van der Waals surface area contributed by atoms with Gasteiger partial charge in [0.2, 0.25) is 9.84 Å². The van der Waals surface area contributed by atoms with E-state index in [1.54, 1.807) is 0 Å². The van der Waals surface area contributed by atoms with Gasteiger partial charge in [-0.1, -0.05) is 58.8 Å². The van der Waals surface area contributed by atoms with Crippen molar-refractivity contribution in [2.45, 2.75) is 69.3 Å². The maximum absolute atomic E-state index is 13.0. The zero-order chi connectivity index (χ0) is 17.4. The quantitative estimate of drug-likeness (QED) is 0.904. The lowest BCUT2D eigenvalue weighted by molar-refractivity contribution is 0.581. The third kappa shape index (κ3) is 3.29. The molecule has 0 spiro atoms. The van der Waals surface area contributed by atoms with Gasteiger partial charge in [-0.25, -0.2) is 8.42 Å². The molecule has 7 heteroatoms. The van der Waals surface area contributed by atoms with E-state index in [4.69, 9.17) is 0 Å². The summed E-state index contributed by atoms with van der Waals surface area (Å²) >= 11 is 0. The number of aromatic nitrogens is 4. The van der Waals surface area contributed by atoms with Crippen molar-refractivity contribution in [2.75, 3.05) is 0 Å². The summed E-state index contributed by atoms with van der Waals surface area (Å²) < 4.78 is 26.1. The van der Waals surface area contributed by atoms with Gasteiger partial charge in [-0.15, -0.1) is 5.10 Å². The fraction of sp³-hybridized carbons (Fsp3) is 0.562. The number of benzene rings is 1. The molecule has 0 atom stereocenters. The molecule has 0 saturated heterocycles. The Balaban J connectivity index is 2.85. The van der Waals surface area contributed by atoms with E-state index in [9.17, 15) is 8.42 Å². The Hall–Kier alpha value is -1.76. The molecule has 1 heterocycles. The third-order valence-corrected chi connectivity index (χ3v) is 5.58. The van der Waals surface area contributed by atoms with Crippen molar-refractivity contribution in [1.82, 2.24) is 20.6 Å². The van der Waals surface area contributed by atoms with Crippen LogP contribution in [0.1, 0.15) is 76.0 Å². The molecule has 126 valence electrons. The first kappa shape index (κ1) is 17.6. The highest BCUT2D eigenvalue weighted by Crippen LogP contribution is 2.36. The molecule has 2 rings (SSSR count). The highest BCUT2D eigenvalue weighted by molar-refractivity contribution is 7.91. The predicted octanol–water partition coefficient (Wildman–Crippen LogP) is 3.40. The molecule has 0 radical (unpaired) electrons. The van der Waals surface area contributed by atoms with Gasteiger partial charge in [-0.2, -0.15) is 5.21 Å². The molecule has 0 fully saturated rings. The summed E-state index contributed by atoms with van der Waals surface area (Å²) in [7, 11) is -3.81. The molecule has 0 saturated carbocycles. The zero-order valence-corrected chi connectivity index (χ0v) is 15.3. The van der Waals surface area contributed by atoms with Crippen molar-refractivity contribution in [1.29, 1.82) is 0 Å². The van der Waals surface area contributed by atoms with Gasteiger partial charge >= 0.3 is 0 Å². The van der Waals surface area contributed by atoms with Crippen LogP contribution in [0, 0.1) is 0 Å². The first-order valence-corrected chi connectivity index (χ1v) is 9.30. The average Bonchev–Trinajstić information content (AvgIpc) is 3.00. The van der Waals surface area contributed by atoms with Crippen LogP contribution in [0.15, 0.2) is 22.2 Å². The van der Waals surface area contributed by atoms with Crippen LogP contribution in [0.4, 0.5) is 0 Å². The van der Waals surface area contributed by atoms with Crippen molar-refractivity contribution in [3.8, 4) is 0 Å². The molecule has 2 aromatic rings. The monoisotopic (exact) mass is 336 g/mol. The molecule has 6 nitrogen and oxygen atoms in total. The van der Waals surface area contributed by atoms with Crippen molar-refractivity contribution in [2.24, 2.45) is 0 Å². The molecule has 23 heavy (non-hydrogen) atoms. The molecule has 0 bridgehead atoms. The van der Waals surface area contributed by atoms with E-state index in [1.165, 1.54) is 0 Å². The molecule has 0 amide bonds. The molecule has 0 aliphatic carbocycles. The number of H-pyrrole nitrogens is 1. The summed E-state index contributed by atoms with van der Waals surface area (Å²) in [6.07, 6.45) is 0. The van der Waals surface area contributed by atoms with Gasteiger partial charge in [0, 0.05) is 0 Å². The van der Waals surface area contributed by atoms with Crippen molar-refractivity contribution in [3.63, 3.8) is 0 Å². The number of sulfone groups is 1. The van der Waals surface area contributed by atoms with Crippen LogP contribution in [0.2, 0.25) is 0 Å². The van der Waals surface area contributed by atoms with Crippen LogP contribution < -0.4 is 0 Å². The lowest BCUT2D eigenvalue weighted by Crippen LogP contribution is -2.14. The lowest BCUT2D eigenvalue weighted by atomic mass is 9.89. The largest absolute Gasteiger partial charge is 0.293 e. The predicted molar refractivity (Wildman–Crippen MR) is 88.3 cm³/mol. The summed E-state index contributed by atoms with van der Waals surface area (Å²) in [6, 6.07) is 3.99. The van der Waals surface area contributed by atoms with Crippen molar-refractivity contribution >= 4 is 9.84 Å². The van der Waals surface area contributed by atoms with E-state index >= 15 is 0 Å². The number of aromatic amines is 1. The van der Waals surface area contributed by atoms with Crippen molar-refractivity contribution < 1.29 is 8.42 Å². The summed E-state index contributed by atoms with van der Waals surface area (Å²) in [4.78, 5) is 0.327. The van der Waals surface area contributed by atoms with Crippen molar-refractivity contribution in [3.05, 3.63) is 28.8 Å². The number of nitrogens with zero attached hydrogens (tertiary/aromatic N) is 3. The van der Waals surface area contributed by atoms with Crippen LogP contribution >= 0.6 is 0 Å². The van der Waals surface area contributed by atoms with E-state index in [0.717, 1.165) is 16.7 Å². The molecular weight excluding hydrogens is 312 g/mol. The normalized spacial score (nSPS) is 12.6. The van der Waals surface area contributed by atoms with Gasteiger partial charge in [0.15, 0.2) is 0 Å². The van der Waals surface area contributed by atoms with E-state index < -0.39 is 9.84 Å². The minimum Gasteiger partial charge on any atom is -0.215 e. The Bertz CT molecular complexity index is 749. The van der Waals surface area contributed by atoms with Crippen LogP contribution in [0.25, 0.3) is 0 Å². The number of hydrogen-bond donors (Lipinski definition) is 1. The summed E-state index contributed by atoms with van der Waals surface area (Å²) in [5.74, 6) is 0.470. The van der Waals surface area contributed by atoms with Gasteiger partial charge in [0.05, 0.1) is 4.90 Å². The van der Waals surface area contributed by atoms with E-state index in [2.05, 4.69) is 34.5 Å². The number of nitrogens with one attached hydrogen (secondary N) is 1. The Morgan fingerprint density at radius 3 is 1.78 bits per heavy atom. The van der Waals surface area contributed by atoms with Gasteiger partial charge < -0.3 is 0 Å². The molecular formula is C16H24N4O2S. The third-order valence-electron chi connectivity index (χ3n) is 3.91. The minimum atomic E-state index is -3.81. The summed E-state index contributed by atoms with van der Waals surface area (Å²) in [5, 5.41) is 12.7. The number of hydrogen-bond acceptors (Lipinski definition) is 5. The standard InChI is InChI=1S/C16H24N4O2S/c1-9(2)12-7-13(10(3)4)15(14(8-12)11(5)6)23(21,22)16-17-19-20-18-16/h7-11H,1-6H3,(H,17,18,19,20). The fourth-order valence-electron chi connectivity index (χ4n) is 2.56. The van der Waals surface area contributed by atoms with Gasteiger partial charge in [-0.3, -0.25) is 0 Å². The Labute approximate surface area is 137 Å². The van der Waals surface area contributed by atoms with Crippen LogP contribution in [0.3, 0.4) is 0 Å². The molecule has 1 aromatic carbocycles. The van der Waals surface area contributed by atoms with Gasteiger partial charge in [0.25, 0.3) is 5.16 Å². The Morgan fingerprint density at radius 1 is 0.913 bits per heavy atom. The molecule has 0 aliphatic heterocycles. The Morgan fingerprint density at radius 2 is 1.43 bits per heavy atom. The molecule has 1 N–H and O–H groups in total. The number of rotatable bonds is 5.